The molecule has 0 saturated carbocycles. The minimum Gasteiger partial charge on any atom is -0.497 e. The number of thioether (sulfide) groups is 1. The van der Waals surface area contributed by atoms with Gasteiger partial charge in [0.15, 0.2) is 5.16 Å². The van der Waals surface area contributed by atoms with Crippen LogP contribution in [-0.2, 0) is 4.79 Å². The molecule has 0 fully saturated rings. The highest BCUT2D eigenvalue weighted by atomic mass is 32.2. The van der Waals surface area contributed by atoms with Crippen LogP contribution in [0.4, 0.5) is 4.39 Å². The van der Waals surface area contributed by atoms with Crippen molar-refractivity contribution in [3.8, 4) is 5.75 Å². The molecule has 3 rings (SSSR count). The van der Waals surface area contributed by atoms with Gasteiger partial charge in [-0.05, 0) is 36.8 Å². The number of aromatic amines is 1. The largest absolute Gasteiger partial charge is 0.497 e. The van der Waals surface area contributed by atoms with E-state index in [9.17, 15) is 9.18 Å². The molecule has 0 radical (unpaired) electrons. The number of rotatable bonds is 6. The number of methoxy groups -OCH3 is 1. The van der Waals surface area contributed by atoms with Crippen molar-refractivity contribution in [2.45, 2.75) is 18.1 Å². The van der Waals surface area contributed by atoms with Crippen LogP contribution < -0.4 is 4.74 Å². The summed E-state index contributed by atoms with van der Waals surface area (Å²) in [5.74, 6) is 0.706. The fraction of sp³-hybridized carbons (Fsp3) is 0.263. The molecule has 5 nitrogen and oxygen atoms in total. The van der Waals surface area contributed by atoms with E-state index in [4.69, 9.17) is 4.74 Å². The molecule has 1 heterocycles. The van der Waals surface area contributed by atoms with Crippen molar-refractivity contribution in [2.75, 3.05) is 19.9 Å². The van der Waals surface area contributed by atoms with Crippen LogP contribution in [0.25, 0.3) is 11.0 Å². The Morgan fingerprint density at radius 3 is 2.73 bits per heavy atom. The van der Waals surface area contributed by atoms with Crippen LogP contribution in [0.3, 0.4) is 0 Å². The first-order valence-corrected chi connectivity index (χ1v) is 9.14. The van der Waals surface area contributed by atoms with Gasteiger partial charge in [0.05, 0.1) is 29.9 Å². The van der Waals surface area contributed by atoms with Gasteiger partial charge in [-0.1, -0.05) is 23.9 Å². The number of hydrogen-bond donors (Lipinski definition) is 1. The lowest BCUT2D eigenvalue weighted by Crippen LogP contribution is -2.31. The standard InChI is InChI=1S/C19H20FN3O2S/c1-12(13-4-6-14(20)7-5-13)23(2)18(24)11-26-19-21-16-9-8-15(25-3)10-17(16)22-19/h4-10,12H,11H2,1-3H3,(H,21,22). The fourth-order valence-electron chi connectivity index (χ4n) is 2.57. The van der Waals surface area contributed by atoms with Gasteiger partial charge in [-0.25, -0.2) is 9.37 Å². The number of fused-ring (bicyclic) bond motifs is 1. The second-order valence-corrected chi connectivity index (χ2v) is 6.91. The molecule has 1 unspecified atom stereocenters. The summed E-state index contributed by atoms with van der Waals surface area (Å²) < 4.78 is 18.2. The van der Waals surface area contributed by atoms with E-state index in [0.717, 1.165) is 22.3 Å². The van der Waals surface area contributed by atoms with E-state index in [1.54, 1.807) is 31.2 Å². The molecular weight excluding hydrogens is 353 g/mol. The van der Waals surface area contributed by atoms with Gasteiger partial charge >= 0.3 is 0 Å². The zero-order valence-corrected chi connectivity index (χ0v) is 15.6. The van der Waals surface area contributed by atoms with Crippen molar-refractivity contribution in [1.82, 2.24) is 14.9 Å². The first-order chi connectivity index (χ1) is 12.5. The Morgan fingerprint density at radius 1 is 1.31 bits per heavy atom. The van der Waals surface area contributed by atoms with Crippen LogP contribution in [0.2, 0.25) is 0 Å². The number of nitrogens with zero attached hydrogens (tertiary/aromatic N) is 2. The van der Waals surface area contributed by atoms with E-state index >= 15 is 0 Å². The van der Waals surface area contributed by atoms with E-state index in [2.05, 4.69) is 9.97 Å². The number of carbonyl (C=O) groups excluding carboxylic acids is 1. The maximum atomic E-state index is 13.1. The highest BCUT2D eigenvalue weighted by Gasteiger charge is 2.18. The maximum absolute atomic E-state index is 13.1. The Balaban J connectivity index is 1.63. The van der Waals surface area contributed by atoms with E-state index in [0.29, 0.717) is 5.16 Å². The number of halogens is 1. The molecule has 0 aliphatic carbocycles. The smallest absolute Gasteiger partial charge is 0.233 e. The summed E-state index contributed by atoms with van der Waals surface area (Å²) in [5.41, 5.74) is 2.59. The van der Waals surface area contributed by atoms with Crippen LogP contribution in [0.1, 0.15) is 18.5 Å². The lowest BCUT2D eigenvalue weighted by atomic mass is 10.1. The zero-order valence-electron chi connectivity index (χ0n) is 14.8. The molecule has 1 atom stereocenters. The minimum absolute atomic E-state index is 0.0233. The Labute approximate surface area is 155 Å². The molecule has 3 aromatic rings. The Hall–Kier alpha value is -2.54. The molecule has 0 saturated heterocycles. The van der Waals surface area contributed by atoms with Crippen molar-refractivity contribution < 1.29 is 13.9 Å². The van der Waals surface area contributed by atoms with Gasteiger partial charge in [-0.3, -0.25) is 4.79 Å². The molecule has 2 aromatic carbocycles. The van der Waals surface area contributed by atoms with Gasteiger partial charge < -0.3 is 14.6 Å². The molecule has 0 aliphatic heterocycles. The van der Waals surface area contributed by atoms with E-state index in [-0.39, 0.29) is 23.5 Å². The average Bonchev–Trinajstić information content (AvgIpc) is 3.07. The number of H-pyrrole nitrogens is 1. The second-order valence-electron chi connectivity index (χ2n) is 5.95. The lowest BCUT2D eigenvalue weighted by Gasteiger charge is -2.25. The third-order valence-electron chi connectivity index (χ3n) is 4.33. The first-order valence-electron chi connectivity index (χ1n) is 8.15. The van der Waals surface area contributed by atoms with Gasteiger partial charge in [-0.15, -0.1) is 0 Å². The number of amides is 1. The van der Waals surface area contributed by atoms with Crippen LogP contribution in [0, 0.1) is 5.82 Å². The lowest BCUT2D eigenvalue weighted by molar-refractivity contribution is -0.128. The molecule has 0 spiro atoms. The van der Waals surface area contributed by atoms with Crippen molar-refractivity contribution >= 4 is 28.7 Å². The van der Waals surface area contributed by atoms with E-state index < -0.39 is 0 Å². The number of hydrogen-bond acceptors (Lipinski definition) is 4. The molecular formula is C19H20FN3O2S. The summed E-state index contributed by atoms with van der Waals surface area (Å²) in [7, 11) is 3.37. The predicted octanol–water partition coefficient (Wildman–Crippen LogP) is 4.02. The van der Waals surface area contributed by atoms with E-state index in [1.165, 1.54) is 23.9 Å². The molecule has 1 N–H and O–H groups in total. The summed E-state index contributed by atoms with van der Waals surface area (Å²) in [6.07, 6.45) is 0. The highest BCUT2D eigenvalue weighted by Crippen LogP contribution is 2.25. The van der Waals surface area contributed by atoms with Crippen LogP contribution in [-0.4, -0.2) is 40.7 Å². The monoisotopic (exact) mass is 373 g/mol. The maximum Gasteiger partial charge on any atom is 0.233 e. The Morgan fingerprint density at radius 2 is 2.04 bits per heavy atom. The summed E-state index contributed by atoms with van der Waals surface area (Å²) in [4.78, 5) is 21.8. The summed E-state index contributed by atoms with van der Waals surface area (Å²) >= 11 is 1.35. The van der Waals surface area contributed by atoms with Gasteiger partial charge in [-0.2, -0.15) is 0 Å². The van der Waals surface area contributed by atoms with Crippen molar-refractivity contribution in [2.24, 2.45) is 0 Å². The third-order valence-corrected chi connectivity index (χ3v) is 5.18. The number of benzene rings is 2. The number of ether oxygens (including phenoxy) is 1. The van der Waals surface area contributed by atoms with Gasteiger partial charge in [0, 0.05) is 13.1 Å². The van der Waals surface area contributed by atoms with Crippen LogP contribution >= 0.6 is 11.8 Å². The molecule has 26 heavy (non-hydrogen) atoms. The van der Waals surface area contributed by atoms with Gasteiger partial charge in [0.1, 0.15) is 11.6 Å². The SMILES string of the molecule is COc1ccc2nc(SCC(=O)N(C)C(C)c3ccc(F)cc3)[nH]c2c1. The topological polar surface area (TPSA) is 58.2 Å². The Bertz CT molecular complexity index is 911. The van der Waals surface area contributed by atoms with Crippen molar-refractivity contribution in [3.63, 3.8) is 0 Å². The Kier molecular flexibility index (Phi) is 5.46. The summed E-state index contributed by atoms with van der Waals surface area (Å²) in [5, 5.41) is 0.685. The average molecular weight is 373 g/mol. The molecule has 1 amide bonds. The highest BCUT2D eigenvalue weighted by molar-refractivity contribution is 7.99. The predicted molar refractivity (Wildman–Crippen MR) is 101 cm³/mol. The minimum atomic E-state index is -0.285. The fourth-order valence-corrected chi connectivity index (χ4v) is 3.38. The quantitative estimate of drug-likeness (QED) is 0.663. The van der Waals surface area contributed by atoms with Gasteiger partial charge in [0.25, 0.3) is 0 Å². The van der Waals surface area contributed by atoms with Crippen LogP contribution in [0.15, 0.2) is 47.6 Å². The molecule has 1 aromatic heterocycles. The molecule has 7 heteroatoms. The number of aromatic nitrogens is 2. The number of nitrogens with one attached hydrogen (secondary N) is 1. The first kappa shape index (κ1) is 18.3. The molecule has 0 aliphatic rings. The summed E-state index contributed by atoms with van der Waals surface area (Å²) in [6.45, 7) is 1.92. The zero-order chi connectivity index (χ0) is 18.7. The normalized spacial score (nSPS) is 12.2. The van der Waals surface area contributed by atoms with Gasteiger partial charge in [0.2, 0.25) is 5.91 Å². The third kappa shape index (κ3) is 3.99. The number of carbonyl (C=O) groups is 1. The number of imidazole rings is 1. The summed E-state index contributed by atoms with van der Waals surface area (Å²) in [6, 6.07) is 11.7. The van der Waals surface area contributed by atoms with E-state index in [1.807, 2.05) is 25.1 Å². The molecule has 136 valence electrons. The second kappa shape index (κ2) is 7.78. The van der Waals surface area contributed by atoms with Crippen LogP contribution in [0.5, 0.6) is 5.75 Å². The molecule has 0 bridgehead atoms. The van der Waals surface area contributed by atoms with Crippen molar-refractivity contribution in [1.29, 1.82) is 0 Å². The van der Waals surface area contributed by atoms with Crippen molar-refractivity contribution in [3.05, 3.63) is 53.8 Å².